The minimum atomic E-state index is -1.16. The van der Waals surface area contributed by atoms with E-state index in [4.69, 9.17) is 9.98 Å². The Balaban J connectivity index is 2.03. The van der Waals surface area contributed by atoms with E-state index >= 15 is 0 Å². The van der Waals surface area contributed by atoms with Crippen LogP contribution in [0.5, 0.6) is 0 Å². The SMILES string of the molecule is C=C1C/C=N\C(I2CCNCC2)=NCCCCC(C)C(NO)C1. The van der Waals surface area contributed by atoms with Gasteiger partial charge in [0.05, 0.1) is 0 Å². The van der Waals surface area contributed by atoms with Gasteiger partial charge in [-0.1, -0.05) is 0 Å². The molecule has 1 fully saturated rings. The third kappa shape index (κ3) is 6.60. The Labute approximate surface area is 147 Å². The zero-order valence-corrected chi connectivity index (χ0v) is 16.4. The molecule has 0 spiro atoms. The van der Waals surface area contributed by atoms with Crippen molar-refractivity contribution in [1.29, 1.82) is 0 Å². The van der Waals surface area contributed by atoms with E-state index in [2.05, 4.69) is 24.3 Å². The van der Waals surface area contributed by atoms with Gasteiger partial charge in [-0.3, -0.25) is 0 Å². The van der Waals surface area contributed by atoms with Gasteiger partial charge in [-0.05, 0) is 0 Å². The van der Waals surface area contributed by atoms with Gasteiger partial charge in [-0.15, -0.1) is 0 Å². The second-order valence-corrected chi connectivity index (χ2v) is 12.1. The van der Waals surface area contributed by atoms with Crippen LogP contribution in [0.2, 0.25) is 0 Å². The summed E-state index contributed by atoms with van der Waals surface area (Å²) in [4.78, 5) is 9.62. The van der Waals surface area contributed by atoms with E-state index in [-0.39, 0.29) is 6.04 Å². The molecule has 1 saturated heterocycles. The van der Waals surface area contributed by atoms with Gasteiger partial charge < -0.3 is 0 Å². The third-order valence-electron chi connectivity index (χ3n) is 4.49. The van der Waals surface area contributed by atoms with Gasteiger partial charge in [-0.25, -0.2) is 0 Å². The molecule has 0 bridgehead atoms. The molecule has 0 saturated carbocycles. The first-order chi connectivity index (χ1) is 11.2. The van der Waals surface area contributed by atoms with Crippen LogP contribution in [0, 0.1) is 5.92 Å². The summed E-state index contributed by atoms with van der Waals surface area (Å²) in [6.45, 7) is 9.52. The summed E-state index contributed by atoms with van der Waals surface area (Å²) in [5.74, 6) is 0.442. The molecule has 0 aromatic rings. The summed E-state index contributed by atoms with van der Waals surface area (Å²) >= 11 is -1.16. The third-order valence-corrected chi connectivity index (χ3v) is 10.2. The Hall–Kier alpha value is -0.310. The molecule has 2 rings (SSSR count). The number of rotatable bonds is 2. The maximum absolute atomic E-state index is 9.40. The number of hydroxylamine groups is 1. The van der Waals surface area contributed by atoms with Crippen molar-refractivity contribution in [2.45, 2.75) is 45.1 Å². The first-order valence-electron chi connectivity index (χ1n) is 8.66. The normalized spacial score (nSPS) is 31.5. The van der Waals surface area contributed by atoms with Crippen molar-refractivity contribution in [1.82, 2.24) is 10.8 Å². The van der Waals surface area contributed by atoms with Crippen LogP contribution in [0.15, 0.2) is 22.1 Å². The summed E-state index contributed by atoms with van der Waals surface area (Å²) < 4.78 is 3.76. The molecule has 5 nitrogen and oxygen atoms in total. The van der Waals surface area contributed by atoms with Crippen molar-refractivity contribution in [2.24, 2.45) is 15.9 Å². The molecule has 2 atom stereocenters. The quantitative estimate of drug-likeness (QED) is 0.206. The molecule has 0 aromatic carbocycles. The van der Waals surface area contributed by atoms with Gasteiger partial charge in [0.2, 0.25) is 0 Å². The fourth-order valence-electron chi connectivity index (χ4n) is 2.91. The first kappa shape index (κ1) is 19.0. The second kappa shape index (κ2) is 10.5. The average Bonchev–Trinajstić information content (AvgIpc) is 2.59. The summed E-state index contributed by atoms with van der Waals surface area (Å²) in [6.07, 6.45) is 6.97. The standard InChI is InChI=1S/C17H31IN4O/c1-14-6-10-21-17(18-7-11-19-12-8-18)20-9-4-3-5-15(2)16(13-14)22-23/h10,15-16,19,22-23H,1,3-9,11-13H2,2H3/b20-17?,21-10-. The molecule has 2 heterocycles. The van der Waals surface area contributed by atoms with E-state index < -0.39 is 19.8 Å². The number of hydrogen-bond acceptors (Lipinski definition) is 5. The second-order valence-electron chi connectivity index (χ2n) is 6.41. The Bertz CT molecular complexity index is 432. The number of amidine groups is 1. The monoisotopic (exact) mass is 434 g/mol. The first-order valence-corrected chi connectivity index (χ1v) is 12.8. The van der Waals surface area contributed by atoms with Gasteiger partial charge >= 0.3 is 147 Å². The number of aliphatic imine (C=N–C) groups is 2. The van der Waals surface area contributed by atoms with Crippen molar-refractivity contribution in [3.8, 4) is 0 Å². The van der Waals surface area contributed by atoms with Gasteiger partial charge in [0, 0.05) is 0 Å². The van der Waals surface area contributed by atoms with Crippen LogP contribution in [-0.4, -0.2) is 49.8 Å². The molecular weight excluding hydrogens is 403 g/mol. The molecule has 132 valence electrons. The van der Waals surface area contributed by atoms with Crippen molar-refractivity contribution in [2.75, 3.05) is 28.5 Å². The Kier molecular flexibility index (Phi) is 8.71. The molecule has 6 heteroatoms. The molecule has 0 radical (unpaired) electrons. The van der Waals surface area contributed by atoms with Crippen LogP contribution >= 0.6 is 19.8 Å². The Morgan fingerprint density at radius 2 is 2.13 bits per heavy atom. The van der Waals surface area contributed by atoms with E-state index in [0.29, 0.717) is 5.92 Å². The molecule has 0 amide bonds. The molecule has 3 N–H and O–H groups in total. The average molecular weight is 434 g/mol. The van der Waals surface area contributed by atoms with Crippen molar-refractivity contribution >= 4 is 29.9 Å². The van der Waals surface area contributed by atoms with E-state index in [0.717, 1.165) is 57.3 Å². The van der Waals surface area contributed by atoms with Crippen LogP contribution in [0.25, 0.3) is 0 Å². The number of nitrogens with one attached hydrogen (secondary N) is 2. The van der Waals surface area contributed by atoms with Crippen LogP contribution in [0.4, 0.5) is 0 Å². The maximum atomic E-state index is 9.40. The van der Waals surface area contributed by atoms with Gasteiger partial charge in [-0.2, -0.15) is 0 Å². The van der Waals surface area contributed by atoms with Crippen molar-refractivity contribution in [3.05, 3.63) is 12.2 Å². The van der Waals surface area contributed by atoms with Crippen molar-refractivity contribution < 1.29 is 5.21 Å². The summed E-state index contributed by atoms with van der Waals surface area (Å²) in [6, 6.07) is 0.0945. The molecule has 2 aliphatic rings. The molecular formula is C17H31IN4O. The molecule has 2 unspecified atom stereocenters. The van der Waals surface area contributed by atoms with E-state index in [1.54, 1.807) is 0 Å². The van der Waals surface area contributed by atoms with Gasteiger partial charge in [0.15, 0.2) is 0 Å². The van der Waals surface area contributed by atoms with Crippen LogP contribution in [-0.2, 0) is 0 Å². The number of hydrogen-bond donors (Lipinski definition) is 3. The van der Waals surface area contributed by atoms with Crippen LogP contribution in [0.1, 0.15) is 39.0 Å². The molecule has 23 heavy (non-hydrogen) atoms. The summed E-state index contributed by atoms with van der Waals surface area (Å²) in [5, 5.41) is 12.8. The van der Waals surface area contributed by atoms with Crippen molar-refractivity contribution in [3.63, 3.8) is 0 Å². The predicted octanol–water partition coefficient (Wildman–Crippen LogP) is 3.03. The van der Waals surface area contributed by atoms with Gasteiger partial charge in [0.1, 0.15) is 0 Å². The number of halogens is 1. The number of nitrogens with zero attached hydrogens (tertiary/aromatic N) is 2. The topological polar surface area (TPSA) is 69.0 Å². The minimum absolute atomic E-state index is 0.0945. The van der Waals surface area contributed by atoms with Crippen LogP contribution in [0.3, 0.4) is 0 Å². The zero-order chi connectivity index (χ0) is 16.5. The number of alkyl halides is 2. The predicted molar refractivity (Wildman–Crippen MR) is 108 cm³/mol. The van der Waals surface area contributed by atoms with E-state index in [1.807, 2.05) is 6.21 Å². The fourth-order valence-corrected chi connectivity index (χ4v) is 7.80. The molecule has 0 aromatic heterocycles. The zero-order valence-electron chi connectivity index (χ0n) is 14.2. The fraction of sp³-hybridized carbons (Fsp3) is 0.765. The summed E-state index contributed by atoms with van der Waals surface area (Å²) in [7, 11) is 0. The van der Waals surface area contributed by atoms with Gasteiger partial charge in [0.25, 0.3) is 0 Å². The van der Waals surface area contributed by atoms with E-state index in [9.17, 15) is 5.21 Å². The van der Waals surface area contributed by atoms with E-state index in [1.165, 1.54) is 12.7 Å². The molecule has 0 aliphatic carbocycles. The Morgan fingerprint density at radius 1 is 1.35 bits per heavy atom. The summed E-state index contributed by atoms with van der Waals surface area (Å²) in [5.41, 5.74) is 3.60. The van der Waals surface area contributed by atoms with Crippen LogP contribution < -0.4 is 10.8 Å². The Morgan fingerprint density at radius 3 is 2.87 bits per heavy atom. The molecule has 2 aliphatic heterocycles.